The van der Waals surface area contributed by atoms with Gasteiger partial charge in [-0.3, -0.25) is 9.89 Å². The van der Waals surface area contributed by atoms with E-state index in [0.717, 1.165) is 0 Å². The minimum atomic E-state index is -0.749. The van der Waals surface area contributed by atoms with Crippen molar-refractivity contribution in [3.8, 4) is 11.3 Å². The summed E-state index contributed by atoms with van der Waals surface area (Å²) in [5.41, 5.74) is 1.17. The van der Waals surface area contributed by atoms with Crippen LogP contribution in [-0.4, -0.2) is 36.4 Å². The Morgan fingerprint density at radius 1 is 1.20 bits per heavy atom. The van der Waals surface area contributed by atoms with Crippen LogP contribution in [0.5, 0.6) is 0 Å². The molecule has 0 fully saturated rings. The third-order valence-electron chi connectivity index (χ3n) is 4.48. The van der Waals surface area contributed by atoms with Gasteiger partial charge in [0.1, 0.15) is 11.6 Å². The molecule has 0 aliphatic carbocycles. The van der Waals surface area contributed by atoms with Gasteiger partial charge in [-0.1, -0.05) is 17.7 Å². The molecule has 0 radical (unpaired) electrons. The summed E-state index contributed by atoms with van der Waals surface area (Å²) in [5, 5.41) is 19.4. The lowest BCUT2D eigenvalue weighted by Crippen LogP contribution is -2.27. The van der Waals surface area contributed by atoms with Gasteiger partial charge < -0.3 is 15.0 Å². The Morgan fingerprint density at radius 2 is 2.07 bits per heavy atom. The summed E-state index contributed by atoms with van der Waals surface area (Å²) in [5.74, 6) is 0.352. The Kier molecular flexibility index (Phi) is 5.55. The summed E-state index contributed by atoms with van der Waals surface area (Å²) in [7, 11) is 0. The Morgan fingerprint density at radius 3 is 2.77 bits per heavy atom. The number of hydrogen-bond donors (Lipinski definition) is 3. The van der Waals surface area contributed by atoms with Crippen molar-refractivity contribution >= 4 is 23.4 Å². The lowest BCUT2D eigenvalue weighted by molar-refractivity contribution is 0.247. The third kappa shape index (κ3) is 4.07. The van der Waals surface area contributed by atoms with E-state index in [1.54, 1.807) is 36.7 Å². The highest BCUT2D eigenvalue weighted by atomic mass is 35.5. The number of hydrogen-bond acceptors (Lipinski definition) is 6. The molecule has 1 aromatic carbocycles. The lowest BCUT2D eigenvalue weighted by atomic mass is 10.1. The molecular formula is C20H16ClFN6O2. The number of aliphatic hydroxyl groups excluding tert-OH is 1. The van der Waals surface area contributed by atoms with Crippen LogP contribution in [0.15, 0.2) is 65.8 Å². The second-order valence-corrected chi connectivity index (χ2v) is 6.80. The minimum absolute atomic E-state index is 0.0264. The van der Waals surface area contributed by atoms with Crippen LogP contribution in [0.2, 0.25) is 5.02 Å². The molecule has 3 aromatic heterocycles. The molecule has 8 nitrogen and oxygen atoms in total. The number of halogens is 2. The second kappa shape index (κ2) is 8.44. The molecule has 0 saturated carbocycles. The van der Waals surface area contributed by atoms with Crippen LogP contribution >= 0.6 is 11.6 Å². The number of nitrogens with zero attached hydrogens (tertiary/aromatic N) is 4. The Hall–Kier alpha value is -3.56. The summed E-state index contributed by atoms with van der Waals surface area (Å²) in [6.07, 6.45) is 4.70. The summed E-state index contributed by atoms with van der Waals surface area (Å²) in [6, 6.07) is 9.92. The zero-order valence-corrected chi connectivity index (χ0v) is 16.2. The monoisotopic (exact) mass is 426 g/mol. The molecule has 4 rings (SSSR count). The van der Waals surface area contributed by atoms with Crippen molar-refractivity contribution < 1.29 is 9.50 Å². The van der Waals surface area contributed by atoms with Crippen LogP contribution in [0, 0.1) is 5.82 Å². The quantitative estimate of drug-likeness (QED) is 0.437. The second-order valence-electron chi connectivity index (χ2n) is 6.39. The summed E-state index contributed by atoms with van der Waals surface area (Å²) < 4.78 is 15.2. The molecule has 0 unspecified atom stereocenters. The standard InChI is InChI=1S/C20H16ClFN6O2/c21-14-2-1-13(9-15(14)22)17(11-29)28-8-5-12(10-19(28)30)16-3-6-23-20(25-16)26-18-4-7-24-27-18/h1-10,17,29H,11H2,(H2,23,24,25,26,27)/t17-/m1/s1. The lowest BCUT2D eigenvalue weighted by Gasteiger charge is -2.18. The molecule has 0 spiro atoms. The van der Waals surface area contributed by atoms with Gasteiger partial charge in [0.25, 0.3) is 5.56 Å². The van der Waals surface area contributed by atoms with Gasteiger partial charge in [-0.25, -0.2) is 14.4 Å². The molecule has 1 atom stereocenters. The van der Waals surface area contributed by atoms with Gasteiger partial charge in [0.2, 0.25) is 5.95 Å². The largest absolute Gasteiger partial charge is 0.394 e. The van der Waals surface area contributed by atoms with E-state index >= 15 is 0 Å². The van der Waals surface area contributed by atoms with Crippen LogP contribution in [0.25, 0.3) is 11.3 Å². The number of aromatic nitrogens is 5. The SMILES string of the molecule is O=c1cc(-c2ccnc(Nc3ccn[nH]3)n2)ccn1[C@H](CO)c1ccc(Cl)c(F)c1. The maximum atomic E-state index is 13.8. The van der Waals surface area contributed by atoms with Crippen LogP contribution in [-0.2, 0) is 0 Å². The van der Waals surface area contributed by atoms with Gasteiger partial charge in [-0.15, -0.1) is 0 Å². The van der Waals surface area contributed by atoms with E-state index in [2.05, 4.69) is 25.5 Å². The molecule has 0 saturated heterocycles. The molecule has 3 heterocycles. The van der Waals surface area contributed by atoms with Crippen molar-refractivity contribution in [2.24, 2.45) is 0 Å². The fourth-order valence-corrected chi connectivity index (χ4v) is 3.12. The topological polar surface area (TPSA) is 109 Å². The average Bonchev–Trinajstić information content (AvgIpc) is 3.25. The van der Waals surface area contributed by atoms with Crippen molar-refractivity contribution in [2.45, 2.75) is 6.04 Å². The van der Waals surface area contributed by atoms with Crippen molar-refractivity contribution in [3.05, 3.63) is 87.8 Å². The number of benzene rings is 1. The van der Waals surface area contributed by atoms with E-state index in [1.807, 2.05) is 0 Å². The van der Waals surface area contributed by atoms with Crippen molar-refractivity contribution in [2.75, 3.05) is 11.9 Å². The molecule has 10 heteroatoms. The highest BCUT2D eigenvalue weighted by Crippen LogP contribution is 2.23. The van der Waals surface area contributed by atoms with E-state index < -0.39 is 11.9 Å². The predicted molar refractivity (Wildman–Crippen MR) is 110 cm³/mol. The van der Waals surface area contributed by atoms with Crippen LogP contribution in [0.3, 0.4) is 0 Å². The van der Waals surface area contributed by atoms with Gasteiger partial charge in [0, 0.05) is 30.1 Å². The minimum Gasteiger partial charge on any atom is -0.394 e. The fraction of sp³-hybridized carbons (Fsp3) is 0.100. The third-order valence-corrected chi connectivity index (χ3v) is 4.79. The van der Waals surface area contributed by atoms with Crippen molar-refractivity contribution in [1.82, 2.24) is 24.7 Å². The van der Waals surface area contributed by atoms with Crippen LogP contribution < -0.4 is 10.9 Å². The fourth-order valence-electron chi connectivity index (χ4n) is 3.01. The number of anilines is 2. The average molecular weight is 427 g/mol. The van der Waals surface area contributed by atoms with Gasteiger partial charge >= 0.3 is 0 Å². The van der Waals surface area contributed by atoms with E-state index in [0.29, 0.717) is 28.6 Å². The molecule has 152 valence electrons. The van der Waals surface area contributed by atoms with Crippen molar-refractivity contribution in [1.29, 1.82) is 0 Å². The zero-order valence-electron chi connectivity index (χ0n) is 15.5. The van der Waals surface area contributed by atoms with Gasteiger partial charge in [-0.2, -0.15) is 5.10 Å². The van der Waals surface area contributed by atoms with Gasteiger partial charge in [-0.05, 0) is 29.8 Å². The first-order valence-corrected chi connectivity index (χ1v) is 9.31. The number of rotatable bonds is 6. The Labute approximate surface area is 175 Å². The number of aliphatic hydroxyl groups is 1. The first kappa shape index (κ1) is 19.7. The maximum Gasteiger partial charge on any atom is 0.251 e. The van der Waals surface area contributed by atoms with Crippen LogP contribution in [0.4, 0.5) is 16.2 Å². The van der Waals surface area contributed by atoms with Gasteiger partial charge in [0.15, 0.2) is 0 Å². The number of pyridine rings is 1. The van der Waals surface area contributed by atoms with E-state index in [-0.39, 0.29) is 17.2 Å². The number of aromatic amines is 1. The van der Waals surface area contributed by atoms with E-state index in [9.17, 15) is 14.3 Å². The zero-order chi connectivity index (χ0) is 21.1. The van der Waals surface area contributed by atoms with E-state index in [4.69, 9.17) is 11.6 Å². The van der Waals surface area contributed by atoms with Crippen molar-refractivity contribution in [3.63, 3.8) is 0 Å². The first-order chi connectivity index (χ1) is 14.5. The van der Waals surface area contributed by atoms with E-state index in [1.165, 1.54) is 29.0 Å². The molecular weight excluding hydrogens is 411 g/mol. The summed E-state index contributed by atoms with van der Waals surface area (Å²) in [4.78, 5) is 21.3. The molecule has 0 amide bonds. The molecule has 4 aromatic rings. The summed E-state index contributed by atoms with van der Waals surface area (Å²) >= 11 is 5.72. The molecule has 3 N–H and O–H groups in total. The molecule has 0 aliphatic rings. The molecule has 30 heavy (non-hydrogen) atoms. The number of H-pyrrole nitrogens is 1. The van der Waals surface area contributed by atoms with Crippen LogP contribution in [0.1, 0.15) is 11.6 Å². The normalized spacial score (nSPS) is 12.0. The Balaban J connectivity index is 1.64. The van der Waals surface area contributed by atoms with Gasteiger partial charge in [0.05, 0.1) is 29.6 Å². The molecule has 0 aliphatic heterocycles. The summed E-state index contributed by atoms with van der Waals surface area (Å²) in [6.45, 7) is -0.383. The Bertz CT molecular complexity index is 1230. The number of nitrogens with one attached hydrogen (secondary N) is 2. The first-order valence-electron chi connectivity index (χ1n) is 8.93. The smallest absolute Gasteiger partial charge is 0.251 e. The maximum absolute atomic E-state index is 13.8. The highest BCUT2D eigenvalue weighted by molar-refractivity contribution is 6.30. The molecule has 0 bridgehead atoms. The highest BCUT2D eigenvalue weighted by Gasteiger charge is 2.16. The predicted octanol–water partition coefficient (Wildman–Crippen LogP) is 3.15.